The maximum absolute atomic E-state index is 11.2. The summed E-state index contributed by atoms with van der Waals surface area (Å²) >= 11 is 0. The van der Waals surface area contributed by atoms with Crippen molar-refractivity contribution in [2.24, 2.45) is 0 Å². The Balaban J connectivity index is 2.41. The van der Waals surface area contributed by atoms with Crippen LogP contribution in [0.25, 0.3) is 0 Å². The zero-order chi connectivity index (χ0) is 9.42. The van der Waals surface area contributed by atoms with Crippen LogP contribution in [0, 0.1) is 0 Å². The molecule has 0 bridgehead atoms. The first-order chi connectivity index (χ1) is 6.16. The lowest BCUT2D eigenvalue weighted by Crippen LogP contribution is -2.15. The van der Waals surface area contributed by atoms with Crippen molar-refractivity contribution in [3.63, 3.8) is 0 Å². The van der Waals surface area contributed by atoms with Crippen LogP contribution in [0.15, 0.2) is 10.9 Å². The minimum absolute atomic E-state index is 0.201. The molecule has 0 aliphatic heterocycles. The lowest BCUT2D eigenvalue weighted by atomic mass is 10.1. The smallest absolute Gasteiger partial charge is 0.310 e. The lowest BCUT2D eigenvalue weighted by Gasteiger charge is -2.05. The van der Waals surface area contributed by atoms with E-state index in [0.29, 0.717) is 11.8 Å². The van der Waals surface area contributed by atoms with Gasteiger partial charge in [-0.25, -0.2) is 4.79 Å². The fourth-order valence-corrected chi connectivity index (χ4v) is 1.41. The molecule has 1 aromatic rings. The Bertz CT molecular complexity index is 340. The van der Waals surface area contributed by atoms with Crippen LogP contribution >= 0.6 is 0 Å². The lowest BCUT2D eigenvalue weighted by molar-refractivity contribution is 0.786. The third-order valence-corrected chi connectivity index (χ3v) is 2.39. The first-order valence-corrected chi connectivity index (χ1v) is 4.78. The van der Waals surface area contributed by atoms with Crippen LogP contribution in [0.4, 0.5) is 0 Å². The highest BCUT2D eigenvalue weighted by Crippen LogP contribution is 2.38. The molecule has 0 amide bonds. The van der Waals surface area contributed by atoms with E-state index < -0.39 is 0 Å². The third kappa shape index (κ3) is 1.79. The van der Waals surface area contributed by atoms with Gasteiger partial charge in [0.15, 0.2) is 0 Å². The zero-order valence-electron chi connectivity index (χ0n) is 8.00. The molecule has 0 atom stereocenters. The number of nitrogens with zero attached hydrogens (tertiary/aromatic N) is 1. The van der Waals surface area contributed by atoms with Crippen LogP contribution in [0.5, 0.6) is 0 Å². The van der Waals surface area contributed by atoms with Gasteiger partial charge in [0.2, 0.25) is 0 Å². The van der Waals surface area contributed by atoms with Crippen molar-refractivity contribution in [2.75, 3.05) is 0 Å². The fourth-order valence-electron chi connectivity index (χ4n) is 1.41. The van der Waals surface area contributed by atoms with Gasteiger partial charge in [0, 0.05) is 5.69 Å². The number of aromatic nitrogens is 2. The topological polar surface area (TPSA) is 45.8 Å². The largest absolute Gasteiger partial charge is 0.345 e. The van der Waals surface area contributed by atoms with Crippen LogP contribution in [0.2, 0.25) is 0 Å². The molecule has 1 aromatic heterocycles. The normalized spacial score (nSPS) is 16.5. The summed E-state index contributed by atoms with van der Waals surface area (Å²) in [7, 11) is 0. The maximum atomic E-state index is 11.2. The average Bonchev–Trinajstić information content (AvgIpc) is 2.85. The Morgan fingerprint density at radius 2 is 2.23 bits per heavy atom. The summed E-state index contributed by atoms with van der Waals surface area (Å²) in [6.07, 6.45) is 2.41. The molecule has 3 nitrogen and oxygen atoms in total. The van der Waals surface area contributed by atoms with Crippen molar-refractivity contribution < 1.29 is 0 Å². The zero-order valence-corrected chi connectivity index (χ0v) is 8.00. The summed E-state index contributed by atoms with van der Waals surface area (Å²) in [6, 6.07) is 2.03. The summed E-state index contributed by atoms with van der Waals surface area (Å²) in [5.41, 5.74) is 1.78. The minimum atomic E-state index is -0.201. The highest BCUT2D eigenvalue weighted by molar-refractivity contribution is 5.18. The molecule has 1 fully saturated rings. The maximum Gasteiger partial charge on any atom is 0.345 e. The molecule has 2 rings (SSSR count). The predicted molar refractivity (Wildman–Crippen MR) is 50.9 cm³/mol. The van der Waals surface area contributed by atoms with E-state index in [1.807, 2.05) is 6.07 Å². The van der Waals surface area contributed by atoms with E-state index in [9.17, 15) is 4.79 Å². The molecule has 0 unspecified atom stereocenters. The Labute approximate surface area is 77.2 Å². The molecule has 1 N–H and O–H groups in total. The van der Waals surface area contributed by atoms with E-state index in [4.69, 9.17) is 0 Å². The van der Waals surface area contributed by atoms with Gasteiger partial charge in [-0.1, -0.05) is 13.8 Å². The molecule has 3 heteroatoms. The Kier molecular flexibility index (Phi) is 1.94. The molecule has 1 aliphatic carbocycles. The van der Waals surface area contributed by atoms with Crippen molar-refractivity contribution in [3.8, 4) is 0 Å². The summed E-state index contributed by atoms with van der Waals surface area (Å²) in [4.78, 5) is 17.9. The summed E-state index contributed by atoms with van der Waals surface area (Å²) in [5.74, 6) is 0.924. The second-order valence-electron chi connectivity index (χ2n) is 4.00. The summed E-state index contributed by atoms with van der Waals surface area (Å²) in [5, 5.41) is 0. The van der Waals surface area contributed by atoms with E-state index in [1.54, 1.807) is 0 Å². The summed E-state index contributed by atoms with van der Waals surface area (Å²) in [6.45, 7) is 4.11. The standard InChI is InChI=1S/C10H14N2O/c1-6(2)8-5-9(7-3-4-7)12-10(13)11-8/h5-7H,3-4H2,1-2H3,(H,11,12,13). The first kappa shape index (κ1) is 8.48. The molecule has 0 aromatic carbocycles. The monoisotopic (exact) mass is 178 g/mol. The molecule has 70 valence electrons. The van der Waals surface area contributed by atoms with Crippen LogP contribution in [-0.4, -0.2) is 9.97 Å². The molecule has 0 radical (unpaired) electrons. The number of hydrogen-bond donors (Lipinski definition) is 1. The number of rotatable bonds is 2. The van der Waals surface area contributed by atoms with Gasteiger partial charge >= 0.3 is 5.69 Å². The molecule has 1 aliphatic rings. The number of nitrogens with one attached hydrogen (secondary N) is 1. The van der Waals surface area contributed by atoms with Gasteiger partial charge in [0.05, 0.1) is 5.69 Å². The van der Waals surface area contributed by atoms with Gasteiger partial charge in [-0.2, -0.15) is 4.98 Å². The number of H-pyrrole nitrogens is 1. The molecule has 0 saturated heterocycles. The van der Waals surface area contributed by atoms with Gasteiger partial charge in [0.1, 0.15) is 0 Å². The molecular formula is C10H14N2O. The Morgan fingerprint density at radius 3 is 2.77 bits per heavy atom. The second kappa shape index (κ2) is 2.98. The minimum Gasteiger partial charge on any atom is -0.310 e. The van der Waals surface area contributed by atoms with Gasteiger partial charge < -0.3 is 4.98 Å². The molecule has 0 spiro atoms. The quantitative estimate of drug-likeness (QED) is 0.750. The van der Waals surface area contributed by atoms with Crippen LogP contribution in [0.1, 0.15) is 49.9 Å². The van der Waals surface area contributed by atoms with E-state index in [2.05, 4.69) is 23.8 Å². The second-order valence-corrected chi connectivity index (χ2v) is 4.00. The van der Waals surface area contributed by atoms with Gasteiger partial charge in [-0.15, -0.1) is 0 Å². The highest BCUT2D eigenvalue weighted by atomic mass is 16.1. The van der Waals surface area contributed by atoms with Crippen molar-refractivity contribution in [2.45, 2.75) is 38.5 Å². The van der Waals surface area contributed by atoms with Crippen LogP contribution in [0.3, 0.4) is 0 Å². The van der Waals surface area contributed by atoms with Crippen LogP contribution in [-0.2, 0) is 0 Å². The number of aromatic amines is 1. The fraction of sp³-hybridized carbons (Fsp3) is 0.600. The SMILES string of the molecule is CC(C)c1cc(C2CC2)[nH]c(=O)n1. The summed E-state index contributed by atoms with van der Waals surface area (Å²) < 4.78 is 0. The van der Waals surface area contributed by atoms with Gasteiger partial charge in [-0.05, 0) is 30.7 Å². The molecule has 13 heavy (non-hydrogen) atoms. The van der Waals surface area contributed by atoms with E-state index in [0.717, 1.165) is 11.4 Å². The average molecular weight is 178 g/mol. The molecule has 1 saturated carbocycles. The van der Waals surface area contributed by atoms with E-state index in [-0.39, 0.29) is 5.69 Å². The molecule has 1 heterocycles. The molecular weight excluding hydrogens is 164 g/mol. The van der Waals surface area contributed by atoms with Crippen molar-refractivity contribution in [1.29, 1.82) is 0 Å². The Hall–Kier alpha value is -1.12. The van der Waals surface area contributed by atoms with Crippen molar-refractivity contribution in [3.05, 3.63) is 27.9 Å². The predicted octanol–water partition coefficient (Wildman–Crippen LogP) is 1.77. The Morgan fingerprint density at radius 1 is 1.54 bits per heavy atom. The van der Waals surface area contributed by atoms with Gasteiger partial charge in [-0.3, -0.25) is 0 Å². The van der Waals surface area contributed by atoms with E-state index in [1.165, 1.54) is 12.8 Å². The third-order valence-electron chi connectivity index (χ3n) is 2.39. The van der Waals surface area contributed by atoms with Gasteiger partial charge in [0.25, 0.3) is 0 Å². The van der Waals surface area contributed by atoms with Crippen molar-refractivity contribution in [1.82, 2.24) is 9.97 Å². The first-order valence-electron chi connectivity index (χ1n) is 4.78. The van der Waals surface area contributed by atoms with E-state index >= 15 is 0 Å². The number of hydrogen-bond acceptors (Lipinski definition) is 2. The van der Waals surface area contributed by atoms with Crippen molar-refractivity contribution >= 4 is 0 Å². The highest BCUT2D eigenvalue weighted by Gasteiger charge is 2.25. The van der Waals surface area contributed by atoms with Crippen LogP contribution < -0.4 is 5.69 Å².